The number of amides is 3. The molecule has 0 aromatic heterocycles. The number of carbonyl (C=O) groups is 2. The van der Waals surface area contributed by atoms with Crippen LogP contribution in [0.4, 0.5) is 14.9 Å². The standard InChI is InChI=1S/C20H21BrFN3O3/c21-15-2-1-3-18(14-15)28-13-8-19(26)24-9-11-25(12-10-24)20(27)23-17-6-4-16(22)5-7-17/h1-7,14H,8-13H2,(H,23,27). The van der Waals surface area contributed by atoms with E-state index in [1.807, 2.05) is 24.3 Å². The summed E-state index contributed by atoms with van der Waals surface area (Å²) in [5, 5.41) is 2.73. The molecule has 0 unspecified atom stereocenters. The maximum absolute atomic E-state index is 12.9. The zero-order valence-corrected chi connectivity index (χ0v) is 16.8. The second kappa shape index (κ2) is 9.54. The molecule has 1 N–H and O–H groups in total. The van der Waals surface area contributed by atoms with Crippen LogP contribution in [0.1, 0.15) is 6.42 Å². The van der Waals surface area contributed by atoms with E-state index in [1.54, 1.807) is 9.80 Å². The monoisotopic (exact) mass is 449 g/mol. The third-order valence-electron chi connectivity index (χ3n) is 4.40. The smallest absolute Gasteiger partial charge is 0.321 e. The molecule has 8 heteroatoms. The molecule has 0 saturated carbocycles. The van der Waals surface area contributed by atoms with Crippen molar-refractivity contribution in [3.8, 4) is 5.75 Å². The Labute approximate surface area is 171 Å². The van der Waals surface area contributed by atoms with Crippen LogP contribution in [0.25, 0.3) is 0 Å². The molecule has 1 aliphatic heterocycles. The topological polar surface area (TPSA) is 61.9 Å². The van der Waals surface area contributed by atoms with E-state index >= 15 is 0 Å². The predicted octanol–water partition coefficient (Wildman–Crippen LogP) is 3.73. The summed E-state index contributed by atoms with van der Waals surface area (Å²) in [5.41, 5.74) is 0.537. The van der Waals surface area contributed by atoms with Crippen molar-refractivity contribution in [1.82, 2.24) is 9.80 Å². The maximum atomic E-state index is 12.9. The van der Waals surface area contributed by atoms with Gasteiger partial charge in [0.2, 0.25) is 5.91 Å². The molecular weight excluding hydrogens is 429 g/mol. The number of nitrogens with one attached hydrogen (secondary N) is 1. The number of hydrogen-bond donors (Lipinski definition) is 1. The van der Waals surface area contributed by atoms with E-state index in [2.05, 4.69) is 21.2 Å². The number of carbonyl (C=O) groups excluding carboxylic acids is 2. The van der Waals surface area contributed by atoms with Gasteiger partial charge >= 0.3 is 6.03 Å². The Hall–Kier alpha value is -2.61. The third kappa shape index (κ3) is 5.69. The fourth-order valence-corrected chi connectivity index (χ4v) is 3.24. The number of nitrogens with zero attached hydrogens (tertiary/aromatic N) is 2. The highest BCUT2D eigenvalue weighted by atomic mass is 79.9. The van der Waals surface area contributed by atoms with Crippen molar-refractivity contribution < 1.29 is 18.7 Å². The number of anilines is 1. The van der Waals surface area contributed by atoms with Crippen molar-refractivity contribution in [3.05, 3.63) is 58.8 Å². The third-order valence-corrected chi connectivity index (χ3v) is 4.89. The summed E-state index contributed by atoms with van der Waals surface area (Å²) < 4.78 is 19.5. The summed E-state index contributed by atoms with van der Waals surface area (Å²) in [7, 11) is 0. The largest absolute Gasteiger partial charge is 0.493 e. The average Bonchev–Trinajstić information content (AvgIpc) is 2.70. The van der Waals surface area contributed by atoms with Crippen LogP contribution in [0, 0.1) is 5.82 Å². The van der Waals surface area contributed by atoms with E-state index in [-0.39, 0.29) is 24.2 Å². The molecule has 6 nitrogen and oxygen atoms in total. The molecule has 0 radical (unpaired) electrons. The number of urea groups is 1. The van der Waals surface area contributed by atoms with Gasteiger partial charge in [0.1, 0.15) is 11.6 Å². The summed E-state index contributed by atoms with van der Waals surface area (Å²) in [5.74, 6) is 0.368. The molecule has 3 amide bonds. The fraction of sp³-hybridized carbons (Fsp3) is 0.300. The van der Waals surface area contributed by atoms with Gasteiger partial charge in [0.25, 0.3) is 0 Å². The van der Waals surface area contributed by atoms with Gasteiger partial charge in [0.15, 0.2) is 0 Å². The van der Waals surface area contributed by atoms with Crippen LogP contribution in [0.2, 0.25) is 0 Å². The summed E-state index contributed by atoms with van der Waals surface area (Å²) in [6, 6.07) is 12.8. The molecule has 0 spiro atoms. The van der Waals surface area contributed by atoms with Crippen LogP contribution in [0.5, 0.6) is 5.75 Å². The van der Waals surface area contributed by atoms with E-state index in [1.165, 1.54) is 24.3 Å². The number of hydrogen-bond acceptors (Lipinski definition) is 3. The van der Waals surface area contributed by atoms with Crippen molar-refractivity contribution >= 4 is 33.6 Å². The molecule has 28 heavy (non-hydrogen) atoms. The van der Waals surface area contributed by atoms with Gasteiger partial charge in [-0.05, 0) is 42.5 Å². The molecule has 0 bridgehead atoms. The van der Waals surface area contributed by atoms with Crippen molar-refractivity contribution in [3.63, 3.8) is 0 Å². The molecule has 1 heterocycles. The molecule has 0 aliphatic carbocycles. The Balaban J connectivity index is 1.39. The van der Waals surface area contributed by atoms with E-state index in [0.717, 1.165) is 4.47 Å². The highest BCUT2D eigenvalue weighted by molar-refractivity contribution is 9.10. The van der Waals surface area contributed by atoms with E-state index < -0.39 is 0 Å². The Morgan fingerprint density at radius 3 is 2.39 bits per heavy atom. The molecule has 2 aromatic rings. The molecule has 1 aliphatic rings. The van der Waals surface area contributed by atoms with Crippen LogP contribution in [0.3, 0.4) is 0 Å². The molecule has 1 fully saturated rings. The summed E-state index contributed by atoms with van der Waals surface area (Å²) >= 11 is 3.38. The average molecular weight is 450 g/mol. The second-order valence-electron chi connectivity index (χ2n) is 6.36. The zero-order chi connectivity index (χ0) is 19.9. The molecular formula is C20H21BrFN3O3. The van der Waals surface area contributed by atoms with Crippen molar-refractivity contribution in [2.45, 2.75) is 6.42 Å². The summed E-state index contributed by atoms with van der Waals surface area (Å²) in [4.78, 5) is 28.0. The van der Waals surface area contributed by atoms with E-state index in [0.29, 0.717) is 44.2 Å². The SMILES string of the molecule is O=C(CCOc1cccc(Br)c1)N1CCN(C(=O)Nc2ccc(F)cc2)CC1. The highest BCUT2D eigenvalue weighted by Crippen LogP contribution is 2.18. The first-order valence-corrected chi connectivity index (χ1v) is 9.78. The fourth-order valence-electron chi connectivity index (χ4n) is 2.87. The number of halogens is 2. The first-order valence-electron chi connectivity index (χ1n) is 8.99. The maximum Gasteiger partial charge on any atom is 0.321 e. The van der Waals surface area contributed by atoms with Gasteiger partial charge in [-0.25, -0.2) is 9.18 Å². The Morgan fingerprint density at radius 1 is 1.04 bits per heavy atom. The lowest BCUT2D eigenvalue weighted by molar-refractivity contribution is -0.133. The Bertz CT molecular complexity index is 824. The van der Waals surface area contributed by atoms with E-state index in [9.17, 15) is 14.0 Å². The minimum Gasteiger partial charge on any atom is -0.493 e. The number of piperazine rings is 1. The van der Waals surface area contributed by atoms with Crippen LogP contribution in [-0.4, -0.2) is 54.5 Å². The number of ether oxygens (including phenoxy) is 1. The minimum absolute atomic E-state index is 0.00795. The minimum atomic E-state index is -0.353. The quantitative estimate of drug-likeness (QED) is 0.756. The van der Waals surface area contributed by atoms with Crippen LogP contribution in [0.15, 0.2) is 53.0 Å². The number of rotatable bonds is 5. The van der Waals surface area contributed by atoms with Crippen LogP contribution in [-0.2, 0) is 4.79 Å². The van der Waals surface area contributed by atoms with Gasteiger partial charge in [-0.3, -0.25) is 4.79 Å². The van der Waals surface area contributed by atoms with Gasteiger partial charge in [-0.15, -0.1) is 0 Å². The zero-order valence-electron chi connectivity index (χ0n) is 15.2. The molecule has 2 aromatic carbocycles. The van der Waals surface area contributed by atoms with Gasteiger partial charge in [-0.1, -0.05) is 22.0 Å². The van der Waals surface area contributed by atoms with Crippen LogP contribution >= 0.6 is 15.9 Å². The number of benzene rings is 2. The van der Waals surface area contributed by atoms with Crippen molar-refractivity contribution in [2.75, 3.05) is 38.1 Å². The normalized spacial score (nSPS) is 13.9. The molecule has 148 valence electrons. The molecule has 0 atom stereocenters. The van der Waals surface area contributed by atoms with Gasteiger partial charge < -0.3 is 19.9 Å². The second-order valence-corrected chi connectivity index (χ2v) is 7.28. The van der Waals surface area contributed by atoms with Gasteiger partial charge in [0, 0.05) is 36.3 Å². The van der Waals surface area contributed by atoms with E-state index in [4.69, 9.17) is 4.74 Å². The first-order chi connectivity index (χ1) is 13.5. The predicted molar refractivity (Wildman–Crippen MR) is 108 cm³/mol. The summed E-state index contributed by atoms with van der Waals surface area (Å²) in [6.07, 6.45) is 0.286. The van der Waals surface area contributed by atoms with Crippen molar-refractivity contribution in [2.24, 2.45) is 0 Å². The lowest BCUT2D eigenvalue weighted by Crippen LogP contribution is -2.51. The molecule has 1 saturated heterocycles. The van der Waals surface area contributed by atoms with Gasteiger partial charge in [-0.2, -0.15) is 0 Å². The Morgan fingerprint density at radius 2 is 1.71 bits per heavy atom. The molecule has 3 rings (SSSR count). The first kappa shape index (κ1) is 20.1. The summed E-state index contributed by atoms with van der Waals surface area (Å²) in [6.45, 7) is 2.16. The van der Waals surface area contributed by atoms with Crippen molar-refractivity contribution in [1.29, 1.82) is 0 Å². The highest BCUT2D eigenvalue weighted by Gasteiger charge is 2.24. The van der Waals surface area contributed by atoms with Crippen LogP contribution < -0.4 is 10.1 Å². The lowest BCUT2D eigenvalue weighted by atomic mass is 10.3. The van der Waals surface area contributed by atoms with Gasteiger partial charge in [0.05, 0.1) is 13.0 Å². The lowest BCUT2D eigenvalue weighted by Gasteiger charge is -2.34. The Kier molecular flexibility index (Phi) is 6.86.